The van der Waals surface area contributed by atoms with Crippen molar-refractivity contribution >= 4 is 29.4 Å². The number of hydrogen-bond donors (Lipinski definition) is 1. The van der Waals surface area contributed by atoms with Crippen molar-refractivity contribution in [3.05, 3.63) is 71.3 Å². The minimum Gasteiger partial charge on any atom is -0.481 e. The average molecular weight is 369 g/mol. The van der Waals surface area contributed by atoms with Gasteiger partial charge in [0, 0.05) is 18.7 Å². The van der Waals surface area contributed by atoms with E-state index >= 15 is 0 Å². The van der Waals surface area contributed by atoms with E-state index in [1.54, 1.807) is 29.2 Å². The molecule has 3 rings (SSSR count). The molecule has 1 atom stereocenters. The van der Waals surface area contributed by atoms with Crippen molar-refractivity contribution in [1.29, 1.82) is 0 Å². The molecule has 26 heavy (non-hydrogen) atoms. The van der Waals surface area contributed by atoms with Gasteiger partial charge in [-0.2, -0.15) is 0 Å². The van der Waals surface area contributed by atoms with Gasteiger partial charge in [-0.1, -0.05) is 54.6 Å². The van der Waals surface area contributed by atoms with Crippen LogP contribution in [0.25, 0.3) is 0 Å². The van der Waals surface area contributed by atoms with Crippen LogP contribution in [0.15, 0.2) is 54.6 Å². The molecule has 1 N–H and O–H groups in total. The number of ketones is 1. The lowest BCUT2D eigenvalue weighted by molar-refractivity contribution is -0.140. The van der Waals surface area contributed by atoms with Crippen LogP contribution in [0.4, 0.5) is 0 Å². The number of carboxylic acids is 1. The first-order valence-electron chi connectivity index (χ1n) is 8.30. The monoisotopic (exact) mass is 369 g/mol. The lowest BCUT2D eigenvalue weighted by Crippen LogP contribution is -2.41. The third-order valence-electron chi connectivity index (χ3n) is 4.40. The Hall–Kier alpha value is -2.60. The highest BCUT2D eigenvalue weighted by Gasteiger charge is 2.32. The molecule has 2 aromatic carbocycles. The van der Waals surface area contributed by atoms with E-state index < -0.39 is 11.9 Å². The fourth-order valence-corrected chi connectivity index (χ4v) is 3.85. The Morgan fingerprint density at radius 2 is 1.69 bits per heavy atom. The maximum absolute atomic E-state index is 12.5. The molecule has 5 nitrogen and oxygen atoms in total. The smallest absolute Gasteiger partial charge is 0.312 e. The number of rotatable bonds is 6. The normalized spacial score (nSPS) is 16.0. The van der Waals surface area contributed by atoms with Gasteiger partial charge in [0.05, 0.1) is 17.4 Å². The van der Waals surface area contributed by atoms with Crippen LogP contribution in [0.3, 0.4) is 0 Å². The number of fused-ring (bicyclic) bond motifs is 1. The Balaban J connectivity index is 1.58. The summed E-state index contributed by atoms with van der Waals surface area (Å²) in [5.41, 5.74) is 2.27. The summed E-state index contributed by atoms with van der Waals surface area (Å²) in [5, 5.41) is 9.47. The molecule has 1 amide bonds. The molecular weight excluding hydrogens is 350 g/mol. The third-order valence-corrected chi connectivity index (χ3v) is 5.32. The first kappa shape index (κ1) is 18.2. The molecule has 2 aromatic rings. The van der Waals surface area contributed by atoms with Gasteiger partial charge in [-0.15, -0.1) is 11.8 Å². The second-order valence-corrected chi connectivity index (χ2v) is 7.13. The summed E-state index contributed by atoms with van der Waals surface area (Å²) in [6, 6.07) is 16.3. The van der Waals surface area contributed by atoms with Gasteiger partial charge in [-0.3, -0.25) is 14.4 Å². The van der Waals surface area contributed by atoms with Gasteiger partial charge < -0.3 is 10.0 Å². The maximum Gasteiger partial charge on any atom is 0.312 e. The van der Waals surface area contributed by atoms with Crippen LogP contribution in [0.2, 0.25) is 0 Å². The lowest BCUT2D eigenvalue weighted by atomic mass is 9.90. The molecule has 1 heterocycles. The third kappa shape index (κ3) is 4.14. The van der Waals surface area contributed by atoms with Crippen molar-refractivity contribution in [2.24, 2.45) is 0 Å². The highest BCUT2D eigenvalue weighted by molar-refractivity contribution is 8.00. The molecule has 0 fully saturated rings. The highest BCUT2D eigenvalue weighted by Crippen LogP contribution is 2.28. The minimum absolute atomic E-state index is 0.0178. The molecule has 0 bridgehead atoms. The molecule has 6 heteroatoms. The molecule has 0 saturated carbocycles. The van der Waals surface area contributed by atoms with Crippen molar-refractivity contribution in [3.63, 3.8) is 0 Å². The van der Waals surface area contributed by atoms with Crippen molar-refractivity contribution in [3.8, 4) is 0 Å². The number of thioether (sulfide) groups is 1. The quantitative estimate of drug-likeness (QED) is 0.793. The van der Waals surface area contributed by atoms with Crippen LogP contribution in [-0.2, 0) is 16.1 Å². The van der Waals surface area contributed by atoms with Crippen LogP contribution in [0.1, 0.15) is 27.4 Å². The number of aliphatic carboxylic acids is 1. The standard InChI is InChI=1S/C20H19NO4S/c22-18(14-6-2-1-3-7-14)12-26-13-19(23)21-10-15-8-4-5-9-16(15)17(11-21)20(24)25/h1-9,17H,10-13H2,(H,24,25). The van der Waals surface area contributed by atoms with E-state index in [1.807, 2.05) is 30.3 Å². The number of carbonyl (C=O) groups excluding carboxylic acids is 2. The Labute approximate surface area is 156 Å². The molecule has 0 aromatic heterocycles. The van der Waals surface area contributed by atoms with Gasteiger partial charge in [-0.05, 0) is 11.1 Å². The summed E-state index contributed by atoms with van der Waals surface area (Å²) in [6.07, 6.45) is 0. The predicted molar refractivity (Wildman–Crippen MR) is 100 cm³/mol. The van der Waals surface area contributed by atoms with Gasteiger partial charge in [0.25, 0.3) is 0 Å². The summed E-state index contributed by atoms with van der Waals surface area (Å²) in [5.74, 6) is -1.41. The second kappa shape index (κ2) is 8.19. The van der Waals surface area contributed by atoms with Crippen LogP contribution < -0.4 is 0 Å². The summed E-state index contributed by atoms with van der Waals surface area (Å²) in [4.78, 5) is 37.7. The Bertz CT molecular complexity index is 822. The molecular formula is C20H19NO4S. The second-order valence-electron chi connectivity index (χ2n) is 6.15. The first-order chi connectivity index (χ1) is 12.6. The van der Waals surface area contributed by atoms with Gasteiger partial charge in [0.2, 0.25) is 5.91 Å². The fourth-order valence-electron chi connectivity index (χ4n) is 3.04. The molecule has 0 spiro atoms. The first-order valence-corrected chi connectivity index (χ1v) is 9.46. The molecule has 1 unspecified atom stereocenters. The average Bonchev–Trinajstić information content (AvgIpc) is 2.67. The highest BCUT2D eigenvalue weighted by atomic mass is 32.2. The molecule has 0 saturated heterocycles. The zero-order valence-corrected chi connectivity index (χ0v) is 14.9. The molecule has 1 aliphatic rings. The molecule has 0 radical (unpaired) electrons. The van der Waals surface area contributed by atoms with Crippen LogP contribution >= 0.6 is 11.8 Å². The van der Waals surface area contributed by atoms with Crippen molar-refractivity contribution in [2.75, 3.05) is 18.1 Å². The van der Waals surface area contributed by atoms with E-state index in [2.05, 4.69) is 0 Å². The summed E-state index contributed by atoms with van der Waals surface area (Å²) < 4.78 is 0. The Morgan fingerprint density at radius 1 is 1.00 bits per heavy atom. The van der Waals surface area contributed by atoms with Gasteiger partial charge in [0.15, 0.2) is 5.78 Å². The number of carboxylic acid groups (broad SMARTS) is 1. The zero-order chi connectivity index (χ0) is 18.5. The van der Waals surface area contributed by atoms with E-state index in [4.69, 9.17) is 0 Å². The van der Waals surface area contributed by atoms with E-state index in [0.29, 0.717) is 12.1 Å². The van der Waals surface area contributed by atoms with Crippen LogP contribution in [0, 0.1) is 0 Å². The van der Waals surface area contributed by atoms with Gasteiger partial charge >= 0.3 is 5.97 Å². The number of Topliss-reactive ketones (excluding diaryl/α,β-unsaturated/α-hetero) is 1. The minimum atomic E-state index is -0.929. The van der Waals surface area contributed by atoms with Gasteiger partial charge in [0.1, 0.15) is 0 Å². The van der Waals surface area contributed by atoms with Crippen LogP contribution in [-0.4, -0.2) is 45.7 Å². The van der Waals surface area contributed by atoms with Gasteiger partial charge in [-0.25, -0.2) is 0 Å². The van der Waals surface area contributed by atoms with Crippen molar-refractivity contribution in [2.45, 2.75) is 12.5 Å². The fraction of sp³-hybridized carbons (Fsp3) is 0.250. The van der Waals surface area contributed by atoms with E-state index in [-0.39, 0.29) is 29.7 Å². The largest absolute Gasteiger partial charge is 0.481 e. The molecule has 0 aliphatic carbocycles. The zero-order valence-electron chi connectivity index (χ0n) is 14.1. The maximum atomic E-state index is 12.5. The summed E-state index contributed by atoms with van der Waals surface area (Å²) in [7, 11) is 0. The van der Waals surface area contributed by atoms with Crippen molar-refractivity contribution < 1.29 is 19.5 Å². The van der Waals surface area contributed by atoms with Crippen LogP contribution in [0.5, 0.6) is 0 Å². The molecule has 134 valence electrons. The number of amides is 1. The Morgan fingerprint density at radius 3 is 2.42 bits per heavy atom. The predicted octanol–water partition coefficient (Wildman–Crippen LogP) is 2.81. The molecule has 1 aliphatic heterocycles. The number of carbonyl (C=O) groups is 3. The SMILES string of the molecule is O=C(CSCC(=O)N1Cc2ccccc2C(C(=O)O)C1)c1ccccc1. The number of hydrogen-bond acceptors (Lipinski definition) is 4. The topological polar surface area (TPSA) is 74.7 Å². The van der Waals surface area contributed by atoms with Crippen molar-refractivity contribution in [1.82, 2.24) is 4.90 Å². The number of benzene rings is 2. The number of nitrogens with zero attached hydrogens (tertiary/aromatic N) is 1. The van der Waals surface area contributed by atoms with E-state index in [9.17, 15) is 19.5 Å². The van der Waals surface area contributed by atoms with E-state index in [1.165, 1.54) is 11.8 Å². The lowest BCUT2D eigenvalue weighted by Gasteiger charge is -2.32. The summed E-state index contributed by atoms with van der Waals surface area (Å²) in [6.45, 7) is 0.574. The summed E-state index contributed by atoms with van der Waals surface area (Å²) >= 11 is 1.26. The van der Waals surface area contributed by atoms with E-state index in [0.717, 1.165) is 11.1 Å². The Kier molecular flexibility index (Phi) is 5.73.